The lowest BCUT2D eigenvalue weighted by atomic mass is 10.3. The van der Waals surface area contributed by atoms with E-state index in [-0.39, 0.29) is 0 Å². The molecule has 0 saturated carbocycles. The maximum Gasteiger partial charge on any atom is 0.238 e. The first-order valence-electron chi connectivity index (χ1n) is 6.22. The highest BCUT2D eigenvalue weighted by atomic mass is 16.5. The Hall–Kier alpha value is -2.01. The SMILES string of the molecule is CNc1c(C)c(OCCOC)nn1-c1ccccc1. The van der Waals surface area contributed by atoms with Gasteiger partial charge >= 0.3 is 0 Å². The minimum absolute atomic E-state index is 0.492. The lowest BCUT2D eigenvalue weighted by molar-refractivity contribution is 0.143. The van der Waals surface area contributed by atoms with E-state index >= 15 is 0 Å². The second-order valence-electron chi connectivity index (χ2n) is 4.12. The fourth-order valence-corrected chi connectivity index (χ4v) is 1.88. The molecule has 0 aliphatic rings. The highest BCUT2D eigenvalue weighted by molar-refractivity contribution is 5.54. The lowest BCUT2D eigenvalue weighted by Crippen LogP contribution is -2.05. The third-order valence-electron chi connectivity index (χ3n) is 2.84. The Morgan fingerprint density at radius 3 is 2.58 bits per heavy atom. The Labute approximate surface area is 113 Å². The van der Waals surface area contributed by atoms with E-state index in [1.807, 2.05) is 49.0 Å². The van der Waals surface area contributed by atoms with E-state index in [1.165, 1.54) is 0 Å². The molecule has 102 valence electrons. The van der Waals surface area contributed by atoms with Crippen LogP contribution in [0, 0.1) is 6.92 Å². The number of para-hydroxylation sites is 1. The largest absolute Gasteiger partial charge is 0.474 e. The third-order valence-corrected chi connectivity index (χ3v) is 2.84. The Balaban J connectivity index is 2.31. The molecule has 1 aromatic carbocycles. The molecule has 5 nitrogen and oxygen atoms in total. The van der Waals surface area contributed by atoms with Crippen LogP contribution in [0.15, 0.2) is 30.3 Å². The van der Waals surface area contributed by atoms with Crippen molar-refractivity contribution in [2.45, 2.75) is 6.92 Å². The predicted octanol–water partition coefficient (Wildman–Crippen LogP) is 2.25. The molecule has 0 saturated heterocycles. The summed E-state index contributed by atoms with van der Waals surface area (Å²) in [5, 5.41) is 7.66. The fourth-order valence-electron chi connectivity index (χ4n) is 1.88. The Bertz CT molecular complexity index is 523. The van der Waals surface area contributed by atoms with Crippen molar-refractivity contribution >= 4 is 5.82 Å². The molecule has 19 heavy (non-hydrogen) atoms. The molecule has 1 N–H and O–H groups in total. The molecule has 2 aromatic rings. The Kier molecular flexibility index (Phi) is 4.41. The second-order valence-corrected chi connectivity index (χ2v) is 4.12. The summed E-state index contributed by atoms with van der Waals surface area (Å²) >= 11 is 0. The van der Waals surface area contributed by atoms with Gasteiger partial charge in [0, 0.05) is 14.2 Å². The highest BCUT2D eigenvalue weighted by Crippen LogP contribution is 2.27. The van der Waals surface area contributed by atoms with Gasteiger partial charge in [-0.15, -0.1) is 5.10 Å². The summed E-state index contributed by atoms with van der Waals surface area (Å²) in [4.78, 5) is 0. The molecule has 0 atom stereocenters. The summed E-state index contributed by atoms with van der Waals surface area (Å²) in [7, 11) is 3.53. The molecule has 1 heterocycles. The number of rotatable bonds is 6. The number of nitrogens with zero attached hydrogens (tertiary/aromatic N) is 2. The van der Waals surface area contributed by atoms with Crippen molar-refractivity contribution in [2.24, 2.45) is 0 Å². The number of aromatic nitrogens is 2. The first-order chi connectivity index (χ1) is 9.27. The molecule has 0 spiro atoms. The molecule has 0 amide bonds. The van der Waals surface area contributed by atoms with Crippen LogP contribution in [-0.2, 0) is 4.74 Å². The molecular weight excluding hydrogens is 242 g/mol. The van der Waals surface area contributed by atoms with E-state index < -0.39 is 0 Å². The Morgan fingerprint density at radius 1 is 1.21 bits per heavy atom. The van der Waals surface area contributed by atoms with E-state index in [9.17, 15) is 0 Å². The first-order valence-corrected chi connectivity index (χ1v) is 6.22. The predicted molar refractivity (Wildman–Crippen MR) is 75.2 cm³/mol. The van der Waals surface area contributed by atoms with Gasteiger partial charge < -0.3 is 14.8 Å². The number of hydrogen-bond donors (Lipinski definition) is 1. The third kappa shape index (κ3) is 2.88. The minimum Gasteiger partial charge on any atom is -0.474 e. The zero-order valence-electron chi connectivity index (χ0n) is 11.5. The molecule has 0 aliphatic heterocycles. The van der Waals surface area contributed by atoms with Gasteiger partial charge in [0.05, 0.1) is 17.9 Å². The minimum atomic E-state index is 0.492. The first kappa shape index (κ1) is 13.4. The smallest absolute Gasteiger partial charge is 0.238 e. The van der Waals surface area contributed by atoms with E-state index in [0.29, 0.717) is 19.1 Å². The van der Waals surface area contributed by atoms with Crippen molar-refractivity contribution in [3.8, 4) is 11.6 Å². The average Bonchev–Trinajstić information content (AvgIpc) is 2.77. The van der Waals surface area contributed by atoms with Gasteiger partial charge in [0.2, 0.25) is 5.88 Å². The number of benzene rings is 1. The van der Waals surface area contributed by atoms with Crippen molar-refractivity contribution in [1.29, 1.82) is 0 Å². The van der Waals surface area contributed by atoms with Gasteiger partial charge in [-0.25, -0.2) is 4.68 Å². The van der Waals surface area contributed by atoms with Crippen molar-refractivity contribution in [2.75, 3.05) is 32.7 Å². The van der Waals surface area contributed by atoms with Gasteiger partial charge in [0.15, 0.2) is 0 Å². The monoisotopic (exact) mass is 261 g/mol. The van der Waals surface area contributed by atoms with Crippen LogP contribution in [0.2, 0.25) is 0 Å². The van der Waals surface area contributed by atoms with Gasteiger partial charge in [-0.3, -0.25) is 0 Å². The number of nitrogens with one attached hydrogen (secondary N) is 1. The quantitative estimate of drug-likeness (QED) is 0.810. The van der Waals surface area contributed by atoms with Crippen LogP contribution in [0.4, 0.5) is 5.82 Å². The summed E-state index contributed by atoms with van der Waals surface area (Å²) in [5.41, 5.74) is 1.99. The van der Waals surface area contributed by atoms with Crippen LogP contribution in [0.3, 0.4) is 0 Å². The van der Waals surface area contributed by atoms with E-state index in [4.69, 9.17) is 9.47 Å². The zero-order valence-corrected chi connectivity index (χ0v) is 11.5. The normalized spacial score (nSPS) is 10.5. The molecule has 0 bridgehead atoms. The van der Waals surface area contributed by atoms with Gasteiger partial charge in [-0.2, -0.15) is 0 Å². The van der Waals surface area contributed by atoms with Gasteiger partial charge in [-0.05, 0) is 19.1 Å². The number of ether oxygens (including phenoxy) is 2. The fraction of sp³-hybridized carbons (Fsp3) is 0.357. The highest BCUT2D eigenvalue weighted by Gasteiger charge is 2.15. The number of methoxy groups -OCH3 is 1. The summed E-state index contributed by atoms with van der Waals surface area (Å²) in [5.74, 6) is 1.56. The van der Waals surface area contributed by atoms with Crippen LogP contribution in [0.1, 0.15) is 5.56 Å². The van der Waals surface area contributed by atoms with Crippen molar-refractivity contribution in [1.82, 2.24) is 9.78 Å². The molecule has 0 aliphatic carbocycles. The van der Waals surface area contributed by atoms with Crippen molar-refractivity contribution < 1.29 is 9.47 Å². The number of hydrogen-bond acceptors (Lipinski definition) is 4. The van der Waals surface area contributed by atoms with E-state index in [1.54, 1.807) is 7.11 Å². The molecule has 0 radical (unpaired) electrons. The molecule has 1 aromatic heterocycles. The molecule has 0 fully saturated rings. The lowest BCUT2D eigenvalue weighted by Gasteiger charge is -2.06. The van der Waals surface area contributed by atoms with Gasteiger partial charge in [0.25, 0.3) is 0 Å². The Morgan fingerprint density at radius 2 is 1.95 bits per heavy atom. The topological polar surface area (TPSA) is 48.3 Å². The molecule has 0 unspecified atom stereocenters. The van der Waals surface area contributed by atoms with Crippen LogP contribution < -0.4 is 10.1 Å². The summed E-state index contributed by atoms with van der Waals surface area (Å²) in [6.45, 7) is 3.03. The standard InChI is InChI=1S/C14H19N3O2/c1-11-13(15-2)17(12-7-5-4-6-8-12)16-14(11)19-10-9-18-3/h4-8,15H,9-10H2,1-3H3. The average molecular weight is 261 g/mol. The molecular formula is C14H19N3O2. The van der Waals surface area contributed by atoms with Crippen LogP contribution in [0.5, 0.6) is 5.88 Å². The van der Waals surface area contributed by atoms with E-state index in [2.05, 4.69) is 10.4 Å². The maximum atomic E-state index is 5.62. The van der Waals surface area contributed by atoms with Crippen LogP contribution in [-0.4, -0.2) is 37.2 Å². The van der Waals surface area contributed by atoms with Crippen LogP contribution in [0.25, 0.3) is 5.69 Å². The van der Waals surface area contributed by atoms with Crippen molar-refractivity contribution in [3.05, 3.63) is 35.9 Å². The summed E-state index contributed by atoms with van der Waals surface area (Å²) in [6, 6.07) is 9.96. The van der Waals surface area contributed by atoms with Gasteiger partial charge in [-0.1, -0.05) is 18.2 Å². The van der Waals surface area contributed by atoms with E-state index in [0.717, 1.165) is 17.1 Å². The van der Waals surface area contributed by atoms with Crippen LogP contribution >= 0.6 is 0 Å². The van der Waals surface area contributed by atoms with Crippen molar-refractivity contribution in [3.63, 3.8) is 0 Å². The second kappa shape index (κ2) is 6.24. The molecule has 5 heteroatoms. The van der Waals surface area contributed by atoms with Gasteiger partial charge in [0.1, 0.15) is 12.4 Å². The number of anilines is 1. The maximum absolute atomic E-state index is 5.62. The summed E-state index contributed by atoms with van der Waals surface area (Å²) < 4.78 is 12.4. The summed E-state index contributed by atoms with van der Waals surface area (Å²) in [6.07, 6.45) is 0. The molecule has 2 rings (SSSR count). The zero-order chi connectivity index (χ0) is 13.7.